The first kappa shape index (κ1) is 18.4. The van der Waals surface area contributed by atoms with Crippen LogP contribution in [0.25, 0.3) is 22.3 Å². The van der Waals surface area contributed by atoms with Gasteiger partial charge in [0.15, 0.2) is 16.4 Å². The van der Waals surface area contributed by atoms with Gasteiger partial charge >= 0.3 is 0 Å². The van der Waals surface area contributed by atoms with Crippen LogP contribution >= 0.6 is 11.8 Å². The standard InChI is InChI=1S/C21H19FN4OS/c1-12-7-13(2)19-17(8-12)18(27)10-16(23-19)11-28-21-25-24-20(26(21)3)14-5-4-6-15(22)9-14/h4-10H,11H2,1-3H3,(H,23,27). The normalized spacial score (nSPS) is 11.3. The molecule has 0 spiro atoms. The summed E-state index contributed by atoms with van der Waals surface area (Å²) in [6.45, 7) is 3.98. The third-order valence-corrected chi connectivity index (χ3v) is 5.68. The van der Waals surface area contributed by atoms with Crippen molar-refractivity contribution in [1.82, 2.24) is 19.7 Å². The summed E-state index contributed by atoms with van der Waals surface area (Å²) in [6, 6.07) is 11.9. The van der Waals surface area contributed by atoms with E-state index in [1.54, 1.807) is 18.2 Å². The van der Waals surface area contributed by atoms with Crippen LogP contribution in [0.15, 0.2) is 52.4 Å². The van der Waals surface area contributed by atoms with Gasteiger partial charge < -0.3 is 9.55 Å². The van der Waals surface area contributed by atoms with Crippen molar-refractivity contribution in [3.8, 4) is 11.4 Å². The lowest BCUT2D eigenvalue weighted by Crippen LogP contribution is -2.06. The van der Waals surface area contributed by atoms with Gasteiger partial charge in [0.05, 0.1) is 5.52 Å². The van der Waals surface area contributed by atoms with E-state index in [9.17, 15) is 9.18 Å². The number of nitrogens with one attached hydrogen (secondary N) is 1. The van der Waals surface area contributed by atoms with Crippen molar-refractivity contribution < 1.29 is 4.39 Å². The summed E-state index contributed by atoms with van der Waals surface area (Å²) in [6.07, 6.45) is 0. The van der Waals surface area contributed by atoms with Gasteiger partial charge in [-0.15, -0.1) is 10.2 Å². The molecule has 5 nitrogen and oxygen atoms in total. The number of rotatable bonds is 4. The molecule has 4 aromatic rings. The number of H-pyrrole nitrogens is 1. The zero-order valence-electron chi connectivity index (χ0n) is 15.8. The Labute approximate surface area is 165 Å². The second kappa shape index (κ2) is 7.24. The number of hydrogen-bond donors (Lipinski definition) is 1. The van der Waals surface area contributed by atoms with Crippen LogP contribution in [0, 0.1) is 19.7 Å². The first-order valence-electron chi connectivity index (χ1n) is 8.83. The predicted molar refractivity (Wildman–Crippen MR) is 110 cm³/mol. The molecule has 2 aromatic carbocycles. The van der Waals surface area contributed by atoms with E-state index in [1.165, 1.54) is 23.9 Å². The molecular formula is C21H19FN4OS. The van der Waals surface area contributed by atoms with Crippen LogP contribution in [0.5, 0.6) is 0 Å². The van der Waals surface area contributed by atoms with E-state index in [0.717, 1.165) is 22.3 Å². The smallest absolute Gasteiger partial charge is 0.191 e. The summed E-state index contributed by atoms with van der Waals surface area (Å²) in [5, 5.41) is 9.80. The van der Waals surface area contributed by atoms with Gasteiger partial charge in [-0.3, -0.25) is 4.79 Å². The molecular weight excluding hydrogens is 375 g/mol. The SMILES string of the molecule is Cc1cc(C)c2[nH]c(CSc3nnc(-c4cccc(F)c4)n3C)cc(=O)c2c1. The summed E-state index contributed by atoms with van der Waals surface area (Å²) in [7, 11) is 1.85. The van der Waals surface area contributed by atoms with Crippen molar-refractivity contribution in [3.05, 3.63) is 75.3 Å². The molecule has 0 saturated heterocycles. The molecule has 0 aliphatic carbocycles. The Hall–Kier alpha value is -2.93. The Morgan fingerprint density at radius 2 is 1.96 bits per heavy atom. The minimum atomic E-state index is -0.311. The fraction of sp³-hybridized carbons (Fsp3) is 0.190. The van der Waals surface area contributed by atoms with Crippen LogP contribution < -0.4 is 5.43 Å². The van der Waals surface area contributed by atoms with Crippen LogP contribution in [0.1, 0.15) is 16.8 Å². The van der Waals surface area contributed by atoms with Gasteiger partial charge in [0.1, 0.15) is 5.82 Å². The van der Waals surface area contributed by atoms with E-state index in [4.69, 9.17) is 0 Å². The van der Waals surface area contributed by atoms with E-state index < -0.39 is 0 Å². The molecule has 0 amide bonds. The van der Waals surface area contributed by atoms with Crippen molar-refractivity contribution >= 4 is 22.7 Å². The first-order valence-corrected chi connectivity index (χ1v) is 9.82. The number of aryl methyl sites for hydroxylation is 2. The Morgan fingerprint density at radius 3 is 2.75 bits per heavy atom. The predicted octanol–water partition coefficient (Wildman–Crippen LogP) is 4.37. The fourth-order valence-electron chi connectivity index (χ4n) is 3.30. The molecule has 0 saturated carbocycles. The van der Waals surface area contributed by atoms with Gasteiger partial charge in [-0.1, -0.05) is 30.0 Å². The van der Waals surface area contributed by atoms with Crippen LogP contribution in [0.3, 0.4) is 0 Å². The summed E-state index contributed by atoms with van der Waals surface area (Å²) in [4.78, 5) is 15.9. The molecule has 2 aromatic heterocycles. The average Bonchev–Trinajstić information content (AvgIpc) is 3.01. The number of fused-ring (bicyclic) bond motifs is 1. The quantitative estimate of drug-likeness (QED) is 0.522. The summed E-state index contributed by atoms with van der Waals surface area (Å²) in [5.74, 6) is 0.836. The number of pyridine rings is 1. The summed E-state index contributed by atoms with van der Waals surface area (Å²) >= 11 is 1.47. The van der Waals surface area contributed by atoms with Crippen LogP contribution in [0.4, 0.5) is 4.39 Å². The molecule has 7 heteroatoms. The molecule has 0 atom stereocenters. The van der Waals surface area contributed by atoms with Crippen LogP contribution in [-0.4, -0.2) is 19.7 Å². The molecule has 2 heterocycles. The molecule has 0 bridgehead atoms. The minimum absolute atomic E-state index is 0.00886. The maximum absolute atomic E-state index is 13.5. The van der Waals surface area contributed by atoms with Gasteiger partial charge in [-0.05, 0) is 43.2 Å². The molecule has 0 unspecified atom stereocenters. The highest BCUT2D eigenvalue weighted by atomic mass is 32.2. The minimum Gasteiger partial charge on any atom is -0.357 e. The van der Waals surface area contributed by atoms with Gasteiger partial charge in [-0.2, -0.15) is 0 Å². The maximum atomic E-state index is 13.5. The topological polar surface area (TPSA) is 63.6 Å². The highest BCUT2D eigenvalue weighted by Gasteiger charge is 2.13. The molecule has 4 rings (SSSR count). The molecule has 1 N–H and O–H groups in total. The highest BCUT2D eigenvalue weighted by molar-refractivity contribution is 7.98. The van der Waals surface area contributed by atoms with Crippen LogP contribution in [-0.2, 0) is 12.8 Å². The van der Waals surface area contributed by atoms with E-state index in [-0.39, 0.29) is 11.2 Å². The van der Waals surface area contributed by atoms with E-state index in [1.807, 2.05) is 31.5 Å². The van der Waals surface area contributed by atoms with Crippen molar-refractivity contribution in [2.45, 2.75) is 24.8 Å². The van der Waals surface area contributed by atoms with Gasteiger partial charge in [0.2, 0.25) is 0 Å². The lowest BCUT2D eigenvalue weighted by atomic mass is 10.1. The molecule has 28 heavy (non-hydrogen) atoms. The van der Waals surface area contributed by atoms with Gasteiger partial charge in [0.25, 0.3) is 0 Å². The number of hydrogen-bond acceptors (Lipinski definition) is 4. The first-order chi connectivity index (χ1) is 13.4. The van der Waals surface area contributed by atoms with E-state index >= 15 is 0 Å². The fourth-order valence-corrected chi connectivity index (χ4v) is 4.12. The summed E-state index contributed by atoms with van der Waals surface area (Å²) in [5.41, 5.74) is 4.49. The number of halogens is 1. The van der Waals surface area contributed by atoms with Crippen molar-refractivity contribution in [3.63, 3.8) is 0 Å². The molecule has 0 aliphatic heterocycles. The lowest BCUT2D eigenvalue weighted by molar-refractivity contribution is 0.628. The van der Waals surface area contributed by atoms with Crippen molar-refractivity contribution in [1.29, 1.82) is 0 Å². The Balaban J connectivity index is 1.61. The Kier molecular flexibility index (Phi) is 4.77. The molecule has 0 aliphatic rings. The van der Waals surface area contributed by atoms with Crippen molar-refractivity contribution in [2.75, 3.05) is 0 Å². The number of nitrogens with zero attached hydrogens (tertiary/aromatic N) is 3. The number of aromatic nitrogens is 4. The second-order valence-corrected chi connectivity index (χ2v) is 7.77. The maximum Gasteiger partial charge on any atom is 0.191 e. The molecule has 0 radical (unpaired) electrons. The third kappa shape index (κ3) is 3.45. The lowest BCUT2D eigenvalue weighted by Gasteiger charge is -2.08. The largest absolute Gasteiger partial charge is 0.357 e. The molecule has 142 valence electrons. The van der Waals surface area contributed by atoms with Gasteiger partial charge in [-0.25, -0.2) is 4.39 Å². The second-order valence-electron chi connectivity index (χ2n) is 6.83. The number of aromatic amines is 1. The Morgan fingerprint density at radius 1 is 1.14 bits per heavy atom. The Bertz CT molecular complexity index is 1250. The zero-order valence-corrected chi connectivity index (χ0v) is 16.6. The number of benzene rings is 2. The van der Waals surface area contributed by atoms with Gasteiger partial charge in [0, 0.05) is 35.5 Å². The average molecular weight is 394 g/mol. The zero-order chi connectivity index (χ0) is 19.8. The summed E-state index contributed by atoms with van der Waals surface area (Å²) < 4.78 is 15.3. The van der Waals surface area contributed by atoms with Crippen molar-refractivity contribution in [2.24, 2.45) is 7.05 Å². The number of thioether (sulfide) groups is 1. The third-order valence-electron chi connectivity index (χ3n) is 4.61. The van der Waals surface area contributed by atoms with E-state index in [2.05, 4.69) is 21.2 Å². The van der Waals surface area contributed by atoms with E-state index in [0.29, 0.717) is 27.7 Å². The monoisotopic (exact) mass is 394 g/mol. The van der Waals surface area contributed by atoms with Crippen LogP contribution in [0.2, 0.25) is 0 Å². The highest BCUT2D eigenvalue weighted by Crippen LogP contribution is 2.25. The molecule has 0 fully saturated rings.